The lowest BCUT2D eigenvalue weighted by Crippen LogP contribution is -2.54. The molecule has 0 aliphatic carbocycles. The van der Waals surface area contributed by atoms with Crippen LogP contribution < -0.4 is 10.2 Å². The Morgan fingerprint density at radius 2 is 1.85 bits per heavy atom. The van der Waals surface area contributed by atoms with Crippen LogP contribution in [0.4, 0.5) is 5.69 Å². The minimum atomic E-state index is -0.473. The van der Waals surface area contributed by atoms with Gasteiger partial charge in [-0.15, -0.1) is 0 Å². The maximum absolute atomic E-state index is 12.9. The summed E-state index contributed by atoms with van der Waals surface area (Å²) in [6.07, 6.45) is 6.35. The fraction of sp³-hybridized carbons (Fsp3) is 0.250. The van der Waals surface area contributed by atoms with Gasteiger partial charge in [0.1, 0.15) is 5.57 Å². The Labute approximate surface area is 158 Å². The van der Waals surface area contributed by atoms with Crippen molar-refractivity contribution in [3.05, 3.63) is 59.4 Å². The highest BCUT2D eigenvalue weighted by Crippen LogP contribution is 2.23. The van der Waals surface area contributed by atoms with Crippen molar-refractivity contribution >= 4 is 40.9 Å². The normalized spacial score (nSPS) is 16.5. The summed E-state index contributed by atoms with van der Waals surface area (Å²) in [5, 5.41) is 2.71. The zero-order valence-electron chi connectivity index (χ0n) is 15.0. The predicted molar refractivity (Wildman–Crippen MR) is 107 cm³/mol. The second kappa shape index (κ2) is 7.25. The fourth-order valence-electron chi connectivity index (χ4n) is 2.78. The van der Waals surface area contributed by atoms with E-state index >= 15 is 0 Å². The molecule has 3 rings (SSSR count). The maximum Gasteiger partial charge on any atom is 0.270 e. The summed E-state index contributed by atoms with van der Waals surface area (Å²) >= 11 is 5.22. The second-order valence-corrected chi connectivity index (χ2v) is 6.85. The molecule has 1 aromatic carbocycles. The van der Waals surface area contributed by atoms with Gasteiger partial charge in [-0.1, -0.05) is 19.1 Å². The Kier molecular flexibility index (Phi) is 5.04. The first kappa shape index (κ1) is 18.1. The van der Waals surface area contributed by atoms with E-state index in [2.05, 4.69) is 26.1 Å². The summed E-state index contributed by atoms with van der Waals surface area (Å²) in [7, 11) is 0. The highest BCUT2D eigenvalue weighted by molar-refractivity contribution is 7.80. The molecule has 1 saturated heterocycles. The van der Waals surface area contributed by atoms with E-state index in [1.807, 2.05) is 47.3 Å². The van der Waals surface area contributed by atoms with Gasteiger partial charge in [-0.2, -0.15) is 0 Å². The molecule has 26 heavy (non-hydrogen) atoms. The van der Waals surface area contributed by atoms with Gasteiger partial charge < -0.3 is 4.57 Å². The summed E-state index contributed by atoms with van der Waals surface area (Å²) in [5.74, 6) is -0.890. The number of carbonyl (C=O) groups is 2. The Balaban J connectivity index is 1.95. The highest BCUT2D eigenvalue weighted by Gasteiger charge is 2.34. The Bertz CT molecular complexity index is 894. The number of anilines is 1. The van der Waals surface area contributed by atoms with E-state index in [0.29, 0.717) is 11.7 Å². The van der Waals surface area contributed by atoms with Crippen LogP contribution in [0.5, 0.6) is 0 Å². The first-order chi connectivity index (χ1) is 12.4. The van der Waals surface area contributed by atoms with Gasteiger partial charge in [-0.25, -0.2) is 0 Å². The van der Waals surface area contributed by atoms with E-state index < -0.39 is 11.8 Å². The monoisotopic (exact) mass is 367 g/mol. The third kappa shape index (κ3) is 3.46. The molecule has 1 N–H and O–H groups in total. The molecule has 1 aromatic heterocycles. The third-order valence-electron chi connectivity index (χ3n) is 4.35. The number of thiocarbonyl (C=S) groups is 1. The van der Waals surface area contributed by atoms with Gasteiger partial charge in [-0.05, 0) is 67.9 Å². The van der Waals surface area contributed by atoms with Crippen molar-refractivity contribution in [3.63, 3.8) is 0 Å². The van der Waals surface area contributed by atoms with E-state index in [1.165, 1.54) is 10.5 Å². The zero-order valence-corrected chi connectivity index (χ0v) is 15.8. The van der Waals surface area contributed by atoms with Crippen molar-refractivity contribution < 1.29 is 9.59 Å². The van der Waals surface area contributed by atoms with Gasteiger partial charge in [0, 0.05) is 18.4 Å². The molecule has 0 saturated carbocycles. The molecule has 2 aromatic rings. The van der Waals surface area contributed by atoms with Crippen LogP contribution in [0.2, 0.25) is 0 Å². The van der Waals surface area contributed by atoms with E-state index in [4.69, 9.17) is 12.2 Å². The molecule has 0 spiro atoms. The number of amides is 2. The molecule has 2 amide bonds. The first-order valence-corrected chi connectivity index (χ1v) is 8.99. The van der Waals surface area contributed by atoms with Crippen LogP contribution in [-0.2, 0) is 16.0 Å². The molecule has 2 heterocycles. The molecule has 1 aliphatic heterocycles. The first-order valence-electron chi connectivity index (χ1n) is 8.58. The van der Waals surface area contributed by atoms with Crippen LogP contribution in [0.1, 0.15) is 37.9 Å². The molecule has 0 atom stereocenters. The van der Waals surface area contributed by atoms with Gasteiger partial charge in [0.05, 0.1) is 5.69 Å². The fourth-order valence-corrected chi connectivity index (χ4v) is 3.06. The van der Waals surface area contributed by atoms with Crippen LogP contribution in [-0.4, -0.2) is 21.5 Å². The van der Waals surface area contributed by atoms with E-state index in [-0.39, 0.29) is 10.7 Å². The largest absolute Gasteiger partial charge is 0.351 e. The van der Waals surface area contributed by atoms with Crippen molar-refractivity contribution in [2.24, 2.45) is 0 Å². The summed E-state index contributed by atoms with van der Waals surface area (Å²) in [4.78, 5) is 26.6. The molecule has 0 unspecified atom stereocenters. The average Bonchev–Trinajstić information content (AvgIpc) is 3.08. The van der Waals surface area contributed by atoms with Gasteiger partial charge in [-0.3, -0.25) is 19.8 Å². The minimum absolute atomic E-state index is 0.0691. The number of nitrogens with one attached hydrogen (secondary N) is 1. The summed E-state index contributed by atoms with van der Waals surface area (Å²) in [5.41, 5.74) is 2.67. The Morgan fingerprint density at radius 1 is 1.15 bits per heavy atom. The topological polar surface area (TPSA) is 54.3 Å². The number of carbonyl (C=O) groups excluding carboxylic acids is 2. The van der Waals surface area contributed by atoms with E-state index in [1.54, 1.807) is 6.08 Å². The zero-order chi connectivity index (χ0) is 18.8. The minimum Gasteiger partial charge on any atom is -0.351 e. The number of benzene rings is 1. The van der Waals surface area contributed by atoms with E-state index in [9.17, 15) is 9.59 Å². The second-order valence-electron chi connectivity index (χ2n) is 6.46. The number of nitrogens with zero attached hydrogens (tertiary/aromatic N) is 2. The number of rotatable bonds is 4. The highest BCUT2D eigenvalue weighted by atomic mass is 32.1. The average molecular weight is 367 g/mol. The van der Waals surface area contributed by atoms with Crippen molar-refractivity contribution in [2.45, 2.75) is 33.2 Å². The third-order valence-corrected chi connectivity index (χ3v) is 4.63. The molecule has 6 heteroatoms. The Hall–Kier alpha value is -2.73. The van der Waals surface area contributed by atoms with Gasteiger partial charge in [0.15, 0.2) is 5.11 Å². The summed E-state index contributed by atoms with van der Waals surface area (Å²) < 4.78 is 2.02. The maximum atomic E-state index is 12.9. The van der Waals surface area contributed by atoms with Gasteiger partial charge in [0.25, 0.3) is 11.8 Å². The van der Waals surface area contributed by atoms with Crippen LogP contribution in [0.3, 0.4) is 0 Å². The van der Waals surface area contributed by atoms with Crippen molar-refractivity contribution in [1.82, 2.24) is 9.88 Å². The SMILES string of the molecule is CCc1ccc(N2C(=O)/C(=C\c3ccn(C(C)C)c3)C(=O)NC2=S)cc1. The summed E-state index contributed by atoms with van der Waals surface area (Å²) in [6, 6.07) is 9.77. The molecule has 0 radical (unpaired) electrons. The number of hydrogen-bond donors (Lipinski definition) is 1. The number of aromatic nitrogens is 1. The van der Waals surface area contributed by atoms with Crippen LogP contribution >= 0.6 is 12.2 Å². The van der Waals surface area contributed by atoms with Crippen molar-refractivity contribution in [3.8, 4) is 0 Å². The van der Waals surface area contributed by atoms with Crippen molar-refractivity contribution in [1.29, 1.82) is 0 Å². The lowest BCUT2D eigenvalue weighted by molar-refractivity contribution is -0.122. The molecule has 134 valence electrons. The molecule has 0 bridgehead atoms. The predicted octanol–water partition coefficient (Wildman–Crippen LogP) is 3.46. The van der Waals surface area contributed by atoms with Crippen LogP contribution in [0.15, 0.2) is 48.3 Å². The van der Waals surface area contributed by atoms with Crippen LogP contribution in [0, 0.1) is 0 Å². The van der Waals surface area contributed by atoms with Crippen LogP contribution in [0.25, 0.3) is 6.08 Å². The number of aryl methyl sites for hydroxylation is 1. The molecule has 1 fully saturated rings. The Morgan fingerprint density at radius 3 is 2.42 bits per heavy atom. The molecular weight excluding hydrogens is 346 g/mol. The lowest BCUT2D eigenvalue weighted by atomic mass is 10.1. The molecule has 1 aliphatic rings. The quantitative estimate of drug-likeness (QED) is 0.511. The van der Waals surface area contributed by atoms with Crippen molar-refractivity contribution in [2.75, 3.05) is 4.90 Å². The van der Waals surface area contributed by atoms with Gasteiger partial charge >= 0.3 is 0 Å². The molecule has 5 nitrogen and oxygen atoms in total. The molecular formula is C20H21N3O2S. The lowest BCUT2D eigenvalue weighted by Gasteiger charge is -2.29. The number of hydrogen-bond acceptors (Lipinski definition) is 3. The summed E-state index contributed by atoms with van der Waals surface area (Å²) in [6.45, 7) is 6.20. The standard InChI is InChI=1S/C20H21N3O2S/c1-4-14-5-7-16(8-6-14)23-19(25)17(18(24)21-20(23)26)11-15-9-10-22(12-15)13(2)3/h5-13H,4H2,1-3H3,(H,21,24,26)/b17-11-. The smallest absolute Gasteiger partial charge is 0.270 e. The van der Waals surface area contributed by atoms with Gasteiger partial charge in [0.2, 0.25) is 0 Å². The van der Waals surface area contributed by atoms with E-state index in [0.717, 1.165) is 12.0 Å².